The molecule has 138 valence electrons. The molecular weight excluding hydrogens is 382 g/mol. The number of rotatable bonds is 5. The third-order valence-corrected chi connectivity index (χ3v) is 5.61. The molecule has 2 aromatic carbocycles. The summed E-state index contributed by atoms with van der Waals surface area (Å²) in [6.45, 7) is 0.940. The molecule has 1 atom stereocenters. The molecule has 3 aromatic rings. The first kappa shape index (κ1) is 18.0. The summed E-state index contributed by atoms with van der Waals surface area (Å²) >= 11 is 7.52. The van der Waals surface area contributed by atoms with Gasteiger partial charge in [-0.15, -0.1) is 11.3 Å². The SMILES string of the molecule is COCCN1C(=O)c2ccccc2N[C@H]1c1csc(-c2ccc(Cl)cc2)n1. The van der Waals surface area contributed by atoms with Crippen LogP contribution >= 0.6 is 22.9 Å². The number of methoxy groups -OCH3 is 1. The minimum Gasteiger partial charge on any atom is -0.383 e. The van der Waals surface area contributed by atoms with Crippen molar-refractivity contribution in [1.29, 1.82) is 0 Å². The van der Waals surface area contributed by atoms with Crippen molar-refractivity contribution < 1.29 is 9.53 Å². The highest BCUT2D eigenvalue weighted by atomic mass is 35.5. The molecule has 7 heteroatoms. The van der Waals surface area contributed by atoms with E-state index in [1.807, 2.05) is 53.9 Å². The van der Waals surface area contributed by atoms with Crippen molar-refractivity contribution in [2.75, 3.05) is 25.6 Å². The van der Waals surface area contributed by atoms with Crippen LogP contribution in [0.4, 0.5) is 5.69 Å². The first-order valence-electron chi connectivity index (χ1n) is 8.54. The number of benzene rings is 2. The first-order chi connectivity index (χ1) is 13.2. The van der Waals surface area contributed by atoms with Crippen LogP contribution in [0.3, 0.4) is 0 Å². The van der Waals surface area contributed by atoms with E-state index in [4.69, 9.17) is 21.3 Å². The molecule has 0 aliphatic carbocycles. The Morgan fingerprint density at radius 2 is 2.00 bits per heavy atom. The van der Waals surface area contributed by atoms with Crippen LogP contribution in [0.5, 0.6) is 0 Å². The van der Waals surface area contributed by atoms with E-state index in [0.717, 1.165) is 22.0 Å². The lowest BCUT2D eigenvalue weighted by molar-refractivity contribution is 0.0606. The summed E-state index contributed by atoms with van der Waals surface area (Å²) in [4.78, 5) is 19.6. The van der Waals surface area contributed by atoms with Crippen LogP contribution in [-0.4, -0.2) is 36.1 Å². The monoisotopic (exact) mass is 399 g/mol. The minimum atomic E-state index is -0.333. The fourth-order valence-electron chi connectivity index (χ4n) is 3.08. The van der Waals surface area contributed by atoms with Crippen molar-refractivity contribution in [3.05, 3.63) is 70.2 Å². The molecule has 2 heterocycles. The number of fused-ring (bicyclic) bond motifs is 1. The number of thiazole rings is 1. The predicted molar refractivity (Wildman–Crippen MR) is 108 cm³/mol. The Balaban J connectivity index is 1.68. The molecule has 0 saturated carbocycles. The number of halogens is 1. The lowest BCUT2D eigenvalue weighted by atomic mass is 10.1. The van der Waals surface area contributed by atoms with Gasteiger partial charge >= 0.3 is 0 Å². The van der Waals surface area contributed by atoms with Gasteiger partial charge in [-0.3, -0.25) is 4.79 Å². The van der Waals surface area contributed by atoms with E-state index in [0.29, 0.717) is 23.7 Å². The summed E-state index contributed by atoms with van der Waals surface area (Å²) in [6.07, 6.45) is -0.333. The Morgan fingerprint density at radius 3 is 2.78 bits per heavy atom. The number of ether oxygens (including phenoxy) is 1. The summed E-state index contributed by atoms with van der Waals surface area (Å²) in [5.41, 5.74) is 3.30. The van der Waals surface area contributed by atoms with Crippen LogP contribution < -0.4 is 5.32 Å². The number of nitrogens with zero attached hydrogens (tertiary/aromatic N) is 2. The molecule has 4 rings (SSSR count). The van der Waals surface area contributed by atoms with E-state index < -0.39 is 0 Å². The lowest BCUT2D eigenvalue weighted by Gasteiger charge is -2.36. The highest BCUT2D eigenvalue weighted by Crippen LogP contribution is 2.35. The third kappa shape index (κ3) is 3.56. The van der Waals surface area contributed by atoms with Gasteiger partial charge in [0, 0.05) is 35.3 Å². The minimum absolute atomic E-state index is 0.0209. The maximum Gasteiger partial charge on any atom is 0.257 e. The van der Waals surface area contributed by atoms with Crippen molar-refractivity contribution in [2.45, 2.75) is 6.17 Å². The summed E-state index contributed by atoms with van der Waals surface area (Å²) in [5.74, 6) is -0.0209. The smallest absolute Gasteiger partial charge is 0.257 e. The zero-order valence-electron chi connectivity index (χ0n) is 14.7. The fourth-order valence-corrected chi connectivity index (χ4v) is 4.05. The molecule has 0 saturated heterocycles. The van der Waals surface area contributed by atoms with Gasteiger partial charge in [-0.1, -0.05) is 35.9 Å². The number of carbonyl (C=O) groups is 1. The Hall–Kier alpha value is -2.41. The molecule has 0 bridgehead atoms. The highest BCUT2D eigenvalue weighted by Gasteiger charge is 2.33. The maximum absolute atomic E-state index is 13.0. The average molecular weight is 400 g/mol. The zero-order chi connectivity index (χ0) is 18.8. The van der Waals surface area contributed by atoms with E-state index >= 15 is 0 Å². The molecule has 0 fully saturated rings. The standard InChI is InChI=1S/C20H18ClN3O2S/c1-26-11-10-24-18(22-16-5-3-2-4-15(16)20(24)25)17-12-27-19(23-17)13-6-8-14(21)9-7-13/h2-9,12,18,22H,10-11H2,1H3/t18-/m1/s1. The Morgan fingerprint density at radius 1 is 1.22 bits per heavy atom. The van der Waals surface area contributed by atoms with Crippen LogP contribution in [0.1, 0.15) is 22.2 Å². The van der Waals surface area contributed by atoms with Gasteiger partial charge in [0.05, 0.1) is 17.9 Å². The van der Waals surface area contributed by atoms with Crippen LogP contribution in [0.25, 0.3) is 10.6 Å². The van der Waals surface area contributed by atoms with E-state index in [2.05, 4.69) is 5.32 Å². The van der Waals surface area contributed by atoms with Crippen LogP contribution in [-0.2, 0) is 4.74 Å². The quantitative estimate of drug-likeness (QED) is 0.677. The third-order valence-electron chi connectivity index (χ3n) is 4.45. The largest absolute Gasteiger partial charge is 0.383 e. The number of hydrogen-bond donors (Lipinski definition) is 1. The molecule has 1 aliphatic heterocycles. The van der Waals surface area contributed by atoms with Gasteiger partial charge < -0.3 is 15.0 Å². The van der Waals surface area contributed by atoms with E-state index in [1.54, 1.807) is 23.3 Å². The average Bonchev–Trinajstić information content (AvgIpc) is 3.18. The number of para-hydroxylation sites is 1. The first-order valence-corrected chi connectivity index (χ1v) is 9.80. The summed E-state index contributed by atoms with van der Waals surface area (Å²) in [5, 5.41) is 7.02. The van der Waals surface area contributed by atoms with Gasteiger partial charge in [0.1, 0.15) is 11.2 Å². The van der Waals surface area contributed by atoms with Gasteiger partial charge in [0.25, 0.3) is 5.91 Å². The van der Waals surface area contributed by atoms with Gasteiger partial charge in [-0.2, -0.15) is 0 Å². The van der Waals surface area contributed by atoms with E-state index in [-0.39, 0.29) is 12.1 Å². The summed E-state index contributed by atoms with van der Waals surface area (Å²) < 4.78 is 5.20. The van der Waals surface area contributed by atoms with Crippen molar-refractivity contribution in [3.8, 4) is 10.6 Å². The molecule has 0 spiro atoms. The summed E-state index contributed by atoms with van der Waals surface area (Å²) in [6, 6.07) is 15.1. The second-order valence-electron chi connectivity index (χ2n) is 6.17. The lowest BCUT2D eigenvalue weighted by Crippen LogP contribution is -2.44. The Labute approximate surface area is 166 Å². The number of carbonyl (C=O) groups excluding carboxylic acids is 1. The predicted octanol–water partition coefficient (Wildman–Crippen LogP) is 4.68. The number of amides is 1. The van der Waals surface area contributed by atoms with Crippen molar-refractivity contribution in [1.82, 2.24) is 9.88 Å². The number of anilines is 1. The Bertz CT molecular complexity index is 958. The van der Waals surface area contributed by atoms with Gasteiger partial charge in [0.2, 0.25) is 0 Å². The number of aromatic nitrogens is 1. The molecule has 0 radical (unpaired) electrons. The van der Waals surface area contributed by atoms with Gasteiger partial charge in [-0.25, -0.2) is 4.98 Å². The molecule has 1 aromatic heterocycles. The Kier molecular flexibility index (Phi) is 5.11. The topological polar surface area (TPSA) is 54.5 Å². The second-order valence-corrected chi connectivity index (χ2v) is 7.46. The molecule has 1 N–H and O–H groups in total. The fraction of sp³-hybridized carbons (Fsp3) is 0.200. The second kappa shape index (κ2) is 7.68. The van der Waals surface area contributed by atoms with Gasteiger partial charge in [-0.05, 0) is 24.3 Å². The molecule has 1 amide bonds. The summed E-state index contributed by atoms with van der Waals surface area (Å²) in [7, 11) is 1.63. The number of nitrogens with one attached hydrogen (secondary N) is 1. The molecule has 27 heavy (non-hydrogen) atoms. The van der Waals surface area contributed by atoms with Crippen molar-refractivity contribution in [2.24, 2.45) is 0 Å². The molecule has 1 aliphatic rings. The van der Waals surface area contributed by atoms with E-state index in [9.17, 15) is 4.79 Å². The van der Waals surface area contributed by atoms with Crippen molar-refractivity contribution in [3.63, 3.8) is 0 Å². The van der Waals surface area contributed by atoms with Crippen LogP contribution in [0, 0.1) is 0 Å². The normalized spacial score (nSPS) is 16.1. The molecular formula is C20H18ClN3O2S. The number of hydrogen-bond acceptors (Lipinski definition) is 5. The van der Waals surface area contributed by atoms with Crippen molar-refractivity contribution >= 4 is 34.5 Å². The van der Waals surface area contributed by atoms with E-state index in [1.165, 1.54) is 0 Å². The molecule has 5 nitrogen and oxygen atoms in total. The van der Waals surface area contributed by atoms with Crippen LogP contribution in [0.2, 0.25) is 5.02 Å². The molecule has 0 unspecified atom stereocenters. The van der Waals surface area contributed by atoms with Crippen LogP contribution in [0.15, 0.2) is 53.9 Å². The highest BCUT2D eigenvalue weighted by molar-refractivity contribution is 7.13. The zero-order valence-corrected chi connectivity index (χ0v) is 16.3. The van der Waals surface area contributed by atoms with Gasteiger partial charge in [0.15, 0.2) is 0 Å². The maximum atomic E-state index is 13.0.